The van der Waals surface area contributed by atoms with Crippen molar-refractivity contribution in [2.24, 2.45) is 4.99 Å². The Kier molecular flexibility index (Phi) is 13.5. The van der Waals surface area contributed by atoms with Crippen molar-refractivity contribution < 1.29 is 14.3 Å². The number of rotatable bonds is 11. The Morgan fingerprint density at radius 3 is 2.81 bits per heavy atom. The lowest BCUT2D eigenvalue weighted by atomic mass is 10.2. The molecule has 0 radical (unpaired) electrons. The van der Waals surface area contributed by atoms with Gasteiger partial charge in [-0.2, -0.15) is 0 Å². The zero-order chi connectivity index (χ0) is 21.8. The first-order chi connectivity index (χ1) is 14.5. The van der Waals surface area contributed by atoms with Crippen molar-refractivity contribution in [3.8, 4) is 5.75 Å². The summed E-state index contributed by atoms with van der Waals surface area (Å²) in [5.74, 6) is 1.74. The molecule has 2 rings (SSSR count). The molecule has 8 nitrogen and oxygen atoms in total. The second kappa shape index (κ2) is 15.3. The molecular formula is C22H38IN5O3. The molecule has 1 amide bonds. The minimum atomic E-state index is 0. The van der Waals surface area contributed by atoms with Crippen LogP contribution in [0.4, 0.5) is 5.69 Å². The number of nitrogens with one attached hydrogen (secondary N) is 2. The summed E-state index contributed by atoms with van der Waals surface area (Å²) in [5.41, 5.74) is 0.920. The van der Waals surface area contributed by atoms with E-state index in [9.17, 15) is 4.79 Å². The lowest BCUT2D eigenvalue weighted by Crippen LogP contribution is -2.43. The van der Waals surface area contributed by atoms with Gasteiger partial charge in [-0.15, -0.1) is 24.0 Å². The second-order valence-electron chi connectivity index (χ2n) is 7.63. The van der Waals surface area contributed by atoms with Crippen molar-refractivity contribution in [3.05, 3.63) is 24.3 Å². The van der Waals surface area contributed by atoms with E-state index in [1.54, 1.807) is 19.1 Å². The molecule has 0 aromatic heterocycles. The summed E-state index contributed by atoms with van der Waals surface area (Å²) in [6, 6.07) is 7.87. The molecule has 1 aliphatic rings. The molecule has 0 aliphatic carbocycles. The van der Waals surface area contributed by atoms with Crippen LogP contribution in [0.1, 0.15) is 25.7 Å². The molecule has 2 N–H and O–H groups in total. The average molecular weight is 547 g/mol. The Bertz CT molecular complexity index is 687. The fourth-order valence-electron chi connectivity index (χ4n) is 3.53. The number of carbonyl (C=O) groups excluding carboxylic acids is 1. The summed E-state index contributed by atoms with van der Waals surface area (Å²) >= 11 is 0. The third kappa shape index (κ3) is 9.61. The van der Waals surface area contributed by atoms with Crippen molar-refractivity contribution in [3.63, 3.8) is 0 Å². The van der Waals surface area contributed by atoms with Crippen LogP contribution in [0.15, 0.2) is 29.3 Å². The number of halogens is 1. The molecule has 1 heterocycles. The van der Waals surface area contributed by atoms with Crippen LogP contribution in [-0.2, 0) is 9.53 Å². The van der Waals surface area contributed by atoms with Gasteiger partial charge in [-0.25, -0.2) is 0 Å². The van der Waals surface area contributed by atoms with Crippen LogP contribution in [0.3, 0.4) is 0 Å². The highest BCUT2D eigenvalue weighted by Crippen LogP contribution is 2.19. The Morgan fingerprint density at radius 1 is 1.29 bits per heavy atom. The molecule has 176 valence electrons. The van der Waals surface area contributed by atoms with Gasteiger partial charge in [0.2, 0.25) is 5.91 Å². The van der Waals surface area contributed by atoms with Gasteiger partial charge in [0.1, 0.15) is 5.75 Å². The highest BCUT2D eigenvalue weighted by atomic mass is 127. The second-order valence-corrected chi connectivity index (χ2v) is 7.63. The number of guanidine groups is 1. The van der Waals surface area contributed by atoms with Crippen molar-refractivity contribution in [1.29, 1.82) is 0 Å². The van der Waals surface area contributed by atoms with E-state index in [1.807, 2.05) is 38.4 Å². The van der Waals surface area contributed by atoms with Gasteiger partial charge in [-0.3, -0.25) is 14.7 Å². The summed E-state index contributed by atoms with van der Waals surface area (Å²) in [6.45, 7) is 3.99. The number of hydrogen-bond acceptors (Lipinski definition) is 5. The molecule has 0 spiro atoms. The van der Waals surface area contributed by atoms with Gasteiger partial charge in [0, 0.05) is 66.1 Å². The van der Waals surface area contributed by atoms with Crippen LogP contribution in [0, 0.1) is 0 Å². The Hall–Kier alpha value is -1.59. The minimum absolute atomic E-state index is 0. The fourth-order valence-corrected chi connectivity index (χ4v) is 3.53. The number of hydrogen-bond donors (Lipinski definition) is 2. The van der Waals surface area contributed by atoms with Gasteiger partial charge in [-0.1, -0.05) is 6.07 Å². The van der Waals surface area contributed by atoms with Crippen LogP contribution in [-0.4, -0.2) is 88.8 Å². The van der Waals surface area contributed by atoms with Crippen molar-refractivity contribution in [2.75, 3.05) is 66.4 Å². The average Bonchev–Trinajstić information content (AvgIpc) is 3.21. The normalized spacial score (nSPS) is 16.5. The van der Waals surface area contributed by atoms with Crippen molar-refractivity contribution in [2.45, 2.75) is 31.7 Å². The van der Waals surface area contributed by atoms with Crippen LogP contribution >= 0.6 is 24.0 Å². The van der Waals surface area contributed by atoms with Crippen molar-refractivity contribution >= 4 is 41.5 Å². The predicted octanol–water partition coefficient (Wildman–Crippen LogP) is 2.65. The third-order valence-corrected chi connectivity index (χ3v) is 5.09. The molecular weight excluding hydrogens is 509 g/mol. The Balaban J connectivity index is 0.00000480. The SMILES string of the molecule is CN=C(NCCCN1CCCC1C(=O)N(C)C)Nc1cccc(OCCCOC)c1.I. The molecule has 0 saturated carbocycles. The summed E-state index contributed by atoms with van der Waals surface area (Å²) in [7, 11) is 7.11. The lowest BCUT2D eigenvalue weighted by molar-refractivity contribution is -0.133. The summed E-state index contributed by atoms with van der Waals surface area (Å²) in [4.78, 5) is 20.6. The van der Waals surface area contributed by atoms with Crippen LogP contribution < -0.4 is 15.4 Å². The fraction of sp³-hybridized carbons (Fsp3) is 0.636. The number of aliphatic imine (C=N–C) groups is 1. The highest BCUT2D eigenvalue weighted by Gasteiger charge is 2.30. The van der Waals surface area contributed by atoms with E-state index in [2.05, 4.69) is 20.5 Å². The number of ether oxygens (including phenoxy) is 2. The van der Waals surface area contributed by atoms with E-state index in [-0.39, 0.29) is 35.9 Å². The number of likely N-dealkylation sites (tertiary alicyclic amines) is 1. The van der Waals surface area contributed by atoms with Crippen LogP contribution in [0.25, 0.3) is 0 Å². The minimum Gasteiger partial charge on any atom is -0.493 e. The first kappa shape index (κ1) is 27.4. The van der Waals surface area contributed by atoms with Gasteiger partial charge in [0.15, 0.2) is 5.96 Å². The van der Waals surface area contributed by atoms with E-state index in [0.717, 1.165) is 56.8 Å². The number of amides is 1. The van der Waals surface area contributed by atoms with Gasteiger partial charge in [-0.05, 0) is 37.9 Å². The first-order valence-corrected chi connectivity index (χ1v) is 10.7. The zero-order valence-corrected chi connectivity index (χ0v) is 21.6. The smallest absolute Gasteiger partial charge is 0.239 e. The molecule has 1 unspecified atom stereocenters. The summed E-state index contributed by atoms with van der Waals surface area (Å²) in [5, 5.41) is 6.65. The first-order valence-electron chi connectivity index (χ1n) is 10.7. The quantitative estimate of drug-likeness (QED) is 0.192. The van der Waals surface area contributed by atoms with E-state index < -0.39 is 0 Å². The van der Waals surface area contributed by atoms with Gasteiger partial charge >= 0.3 is 0 Å². The molecule has 1 aliphatic heterocycles. The van der Waals surface area contributed by atoms with Crippen molar-refractivity contribution in [1.82, 2.24) is 15.1 Å². The maximum atomic E-state index is 12.3. The lowest BCUT2D eigenvalue weighted by Gasteiger charge is -2.26. The van der Waals surface area contributed by atoms with Crippen LogP contribution in [0.5, 0.6) is 5.75 Å². The zero-order valence-electron chi connectivity index (χ0n) is 19.2. The number of carbonyl (C=O) groups is 1. The topological polar surface area (TPSA) is 78.4 Å². The number of anilines is 1. The molecule has 9 heteroatoms. The van der Waals surface area contributed by atoms with Gasteiger partial charge in [0.25, 0.3) is 0 Å². The molecule has 31 heavy (non-hydrogen) atoms. The molecule has 1 aromatic rings. The maximum Gasteiger partial charge on any atom is 0.239 e. The van der Waals surface area contributed by atoms with Gasteiger partial charge < -0.3 is 25.0 Å². The largest absolute Gasteiger partial charge is 0.493 e. The number of nitrogens with zero attached hydrogens (tertiary/aromatic N) is 3. The monoisotopic (exact) mass is 547 g/mol. The molecule has 1 aromatic carbocycles. The molecule has 1 saturated heterocycles. The van der Waals surface area contributed by atoms with E-state index in [0.29, 0.717) is 19.2 Å². The van der Waals surface area contributed by atoms with Crippen LogP contribution in [0.2, 0.25) is 0 Å². The molecule has 1 fully saturated rings. The standard InChI is InChI=1S/C22H37N5O3.HI/c1-23-22(25-18-9-5-10-19(17-18)30-16-8-15-29-4)24-12-7-14-27-13-6-11-20(27)21(28)26(2)3;/h5,9-10,17,20H,6-8,11-16H2,1-4H3,(H2,23,24,25);1H. The number of benzene rings is 1. The number of likely N-dealkylation sites (N-methyl/N-ethyl adjacent to an activating group) is 1. The highest BCUT2D eigenvalue weighted by molar-refractivity contribution is 14.0. The van der Waals surface area contributed by atoms with E-state index in [4.69, 9.17) is 9.47 Å². The Morgan fingerprint density at radius 2 is 2.10 bits per heavy atom. The molecule has 0 bridgehead atoms. The predicted molar refractivity (Wildman–Crippen MR) is 137 cm³/mol. The molecule has 1 atom stereocenters. The number of methoxy groups -OCH3 is 1. The van der Waals surface area contributed by atoms with Gasteiger partial charge in [0.05, 0.1) is 12.6 Å². The Labute approximate surface area is 203 Å². The van der Waals surface area contributed by atoms with E-state index in [1.165, 1.54) is 0 Å². The summed E-state index contributed by atoms with van der Waals surface area (Å²) < 4.78 is 10.8. The van der Waals surface area contributed by atoms with E-state index >= 15 is 0 Å². The summed E-state index contributed by atoms with van der Waals surface area (Å²) in [6.07, 6.45) is 3.85. The third-order valence-electron chi connectivity index (χ3n) is 5.09. The maximum absolute atomic E-state index is 12.3.